The third-order valence-corrected chi connectivity index (χ3v) is 18.4. The van der Waals surface area contributed by atoms with Crippen molar-refractivity contribution >= 4 is 124 Å². The number of halogens is 2. The third kappa shape index (κ3) is 30.1. The van der Waals surface area contributed by atoms with Crippen LogP contribution in [-0.4, -0.2) is 79.9 Å². The first-order valence-corrected chi connectivity index (χ1v) is 39.5. The zero-order valence-electron chi connectivity index (χ0n) is 70.6. The van der Waals surface area contributed by atoms with E-state index in [1.807, 2.05) is 213 Å². The SMILES string of the molecule is CC(C)=CCOc1c(OCc2ccc(Br)cc2)c(/C=C/C(=O)NO)cc2ccoc12.CC(C)=CCOc1c(OCc2ccc(Br)cc2)c(/C=C/C(=O)NO)cc2ccoc12.COc1ccc(COc2c(/C=C/C(=O)NO)cc3ccoc3c2OCC=C(C)C)cc1.COc1ccc(COc2c(/C=C/C(=O)N[O-])cc3ccoc3c2OCC=C(C)C)cc1.[Li+].[Li+]. The molecule has 0 radical (unpaired) electrons. The summed E-state index contributed by atoms with van der Waals surface area (Å²) in [4.78, 5) is 46.0. The van der Waals surface area contributed by atoms with Gasteiger partial charge in [-0.3, -0.25) is 34.8 Å². The number of carbonyl (C=O) groups is 4. The molecule has 12 rings (SSSR count). The Morgan fingerprint density at radius 2 is 0.565 bits per heavy atom. The minimum Gasteiger partial charge on any atom is -0.759 e. The maximum Gasteiger partial charge on any atom is 1.00 e. The smallest absolute Gasteiger partial charge is 0.759 e. The Labute approximate surface area is 757 Å². The van der Waals surface area contributed by atoms with E-state index in [2.05, 4.69) is 31.9 Å². The molecule has 26 nitrogen and oxygen atoms in total. The first kappa shape index (κ1) is 98.8. The number of benzene rings is 8. The molecule has 0 bridgehead atoms. The zero-order chi connectivity index (χ0) is 87.5. The number of furan rings is 4. The van der Waals surface area contributed by atoms with Gasteiger partial charge in [0.25, 0.3) is 17.7 Å². The van der Waals surface area contributed by atoms with Crippen molar-refractivity contribution < 1.29 is 138 Å². The Bertz CT molecular complexity index is 5420. The molecular weight excluding hydrogens is 1710 g/mol. The molecule has 124 heavy (non-hydrogen) atoms. The van der Waals surface area contributed by atoms with Crippen LogP contribution in [0.1, 0.15) is 99.9 Å². The average Bonchev–Trinajstić information content (AvgIpc) is 1.58. The number of nitrogens with one attached hydrogen (secondary N) is 4. The molecule has 4 amide bonds. The Hall–Kier alpha value is -12.3. The molecule has 636 valence electrons. The van der Waals surface area contributed by atoms with Gasteiger partial charge in [-0.25, -0.2) is 16.4 Å². The van der Waals surface area contributed by atoms with E-state index >= 15 is 0 Å². The average molecular weight is 1800 g/mol. The van der Waals surface area contributed by atoms with Gasteiger partial charge in [0.15, 0.2) is 45.3 Å². The molecule has 8 aromatic carbocycles. The number of hydroxylamine groups is 4. The fourth-order valence-electron chi connectivity index (χ4n) is 11.2. The van der Waals surface area contributed by atoms with Crippen LogP contribution in [0.2, 0.25) is 0 Å². The Balaban J connectivity index is 0.000000226. The van der Waals surface area contributed by atoms with Crippen LogP contribution in [0.15, 0.2) is 268 Å². The molecular formula is C94H93Br2Li2N4O22+. The summed E-state index contributed by atoms with van der Waals surface area (Å²) in [6.07, 6.45) is 25.0. The first-order valence-electron chi connectivity index (χ1n) is 37.9. The van der Waals surface area contributed by atoms with E-state index in [9.17, 15) is 24.4 Å². The summed E-state index contributed by atoms with van der Waals surface area (Å²) in [5, 5.41) is 40.2. The monoisotopic (exact) mass is 1800 g/mol. The van der Waals surface area contributed by atoms with Crippen molar-refractivity contribution in [2.24, 2.45) is 0 Å². The maximum absolute atomic E-state index is 11.5. The molecule has 0 fully saturated rings. The number of rotatable bonds is 34. The number of amides is 4. The predicted octanol–water partition coefficient (Wildman–Crippen LogP) is 15.2. The quantitative estimate of drug-likeness (QED) is 0.00647. The van der Waals surface area contributed by atoms with Crippen LogP contribution in [0, 0.1) is 5.21 Å². The molecule has 7 N–H and O–H groups in total. The largest absolute Gasteiger partial charge is 1.00 e. The molecule has 12 aromatic rings. The van der Waals surface area contributed by atoms with Gasteiger partial charge in [0.1, 0.15) is 64.4 Å². The molecule has 0 aliphatic rings. The van der Waals surface area contributed by atoms with Crippen LogP contribution in [-0.2, 0) is 45.6 Å². The molecule has 0 aliphatic heterocycles. The van der Waals surface area contributed by atoms with E-state index in [1.54, 1.807) is 86.1 Å². The van der Waals surface area contributed by atoms with Gasteiger partial charge in [-0.05, 0) is 223 Å². The minimum absolute atomic E-state index is 0. The van der Waals surface area contributed by atoms with E-state index in [1.165, 1.54) is 29.8 Å². The topological polar surface area (TPSA) is 345 Å². The van der Waals surface area contributed by atoms with E-state index in [4.69, 9.17) is 80.7 Å². The van der Waals surface area contributed by atoms with Crippen molar-refractivity contribution in [1.29, 1.82) is 0 Å². The zero-order valence-corrected chi connectivity index (χ0v) is 73.8. The summed E-state index contributed by atoms with van der Waals surface area (Å²) < 4.78 is 83.5. The number of ether oxygens (including phenoxy) is 10. The first-order chi connectivity index (χ1) is 59.0. The summed E-state index contributed by atoms with van der Waals surface area (Å²) in [6.45, 7) is 18.4. The van der Waals surface area contributed by atoms with Crippen molar-refractivity contribution in [3.05, 3.63) is 300 Å². The molecule has 0 spiro atoms. The molecule has 0 saturated heterocycles. The number of hydrogen-bond acceptors (Lipinski definition) is 22. The van der Waals surface area contributed by atoms with Gasteiger partial charge in [-0.15, -0.1) is 0 Å². The minimum atomic E-state index is -0.764. The summed E-state index contributed by atoms with van der Waals surface area (Å²) >= 11 is 6.84. The van der Waals surface area contributed by atoms with Crippen molar-refractivity contribution in [2.45, 2.75) is 81.8 Å². The van der Waals surface area contributed by atoms with Crippen LogP contribution in [0.25, 0.3) is 68.2 Å². The van der Waals surface area contributed by atoms with Crippen LogP contribution in [0.3, 0.4) is 0 Å². The number of methoxy groups -OCH3 is 2. The van der Waals surface area contributed by atoms with E-state index in [0.29, 0.717) is 130 Å². The molecule has 0 aliphatic carbocycles. The molecule has 0 unspecified atom stereocenters. The summed E-state index contributed by atoms with van der Waals surface area (Å²) in [5.41, 5.74) is 19.0. The Kier molecular flexibility index (Phi) is 40.6. The normalized spacial score (nSPS) is 10.7. The van der Waals surface area contributed by atoms with Gasteiger partial charge in [-0.1, -0.05) is 103 Å². The van der Waals surface area contributed by atoms with Crippen LogP contribution in [0.4, 0.5) is 0 Å². The predicted molar refractivity (Wildman–Crippen MR) is 474 cm³/mol. The van der Waals surface area contributed by atoms with Crippen LogP contribution >= 0.6 is 31.9 Å². The van der Waals surface area contributed by atoms with E-state index in [-0.39, 0.29) is 50.9 Å². The summed E-state index contributed by atoms with van der Waals surface area (Å²) in [5.74, 6) is 2.32. The molecule has 0 saturated carbocycles. The van der Waals surface area contributed by atoms with Crippen molar-refractivity contribution in [1.82, 2.24) is 21.9 Å². The van der Waals surface area contributed by atoms with Gasteiger partial charge in [0, 0.05) is 77.0 Å². The molecule has 4 heterocycles. The Morgan fingerprint density at radius 3 is 0.774 bits per heavy atom. The maximum atomic E-state index is 11.5. The fourth-order valence-corrected chi connectivity index (χ4v) is 11.7. The number of allylic oxidation sites excluding steroid dienone is 4. The molecule has 30 heteroatoms. The van der Waals surface area contributed by atoms with Crippen molar-refractivity contribution in [3.63, 3.8) is 0 Å². The van der Waals surface area contributed by atoms with Gasteiger partial charge in [0.05, 0.1) is 39.3 Å². The molecule has 0 atom stereocenters. The second kappa shape index (κ2) is 51.0. The molecule has 4 aromatic heterocycles. The number of hydrogen-bond donors (Lipinski definition) is 7. The van der Waals surface area contributed by atoms with Gasteiger partial charge in [-0.2, -0.15) is 0 Å². The second-order valence-electron chi connectivity index (χ2n) is 27.6. The van der Waals surface area contributed by atoms with Crippen molar-refractivity contribution in [2.75, 3.05) is 40.6 Å². The van der Waals surface area contributed by atoms with Crippen molar-refractivity contribution in [3.8, 4) is 57.5 Å². The van der Waals surface area contributed by atoms with Crippen LogP contribution < -0.4 is 107 Å². The van der Waals surface area contributed by atoms with Gasteiger partial charge in [0.2, 0.25) is 28.9 Å². The fraction of sp³-hybridized carbons (Fsp3) is 0.191. The third-order valence-electron chi connectivity index (χ3n) is 17.4. The van der Waals surface area contributed by atoms with Crippen LogP contribution in [0.5, 0.6) is 57.5 Å². The number of fused-ring (bicyclic) bond motifs is 4. The summed E-state index contributed by atoms with van der Waals surface area (Å²) in [7, 11) is 3.22. The van der Waals surface area contributed by atoms with E-state index < -0.39 is 23.6 Å². The second-order valence-corrected chi connectivity index (χ2v) is 29.4. The van der Waals surface area contributed by atoms with Gasteiger partial charge < -0.3 is 75.7 Å². The van der Waals surface area contributed by atoms with E-state index in [0.717, 1.165) is 92.6 Å². The summed E-state index contributed by atoms with van der Waals surface area (Å²) in [6, 6.07) is 45.1. The Morgan fingerprint density at radius 1 is 0.339 bits per heavy atom. The number of carbonyl (C=O) groups excluding carboxylic acids is 4. The van der Waals surface area contributed by atoms with Gasteiger partial charge >= 0.3 is 37.7 Å². The standard InChI is InChI=1S/C24H25NO6.C24H24NO6.2C23H22BrNO5.2Li/c2*1-16(2)10-12-30-24-22-19(11-13-29-22)14-18(6-9-21(26)25-27)23(24)31-15-17-4-7-20(28-3)8-5-17;2*1-15(2)9-11-29-23-21-18(10-12-28-21)13-17(5-8-20(26)25-27)22(23)30-14-16-3-6-19(24)7-4-16;;/h4-11,13-14,27H,12,15H2,1-3H3,(H,25,26);4-11,13-14H,12,15H2,1-3H3,(H-,25,26,27);2*3-10,12-13,27H,11,14H2,1-2H3,(H,25,26);;/q;-1;;;2*+1/b2*9-6+;2*8-5+;;.